The van der Waals surface area contributed by atoms with E-state index in [2.05, 4.69) is 26.7 Å². The molecule has 34 heavy (non-hydrogen) atoms. The number of aliphatic hydroxyl groups is 1. The van der Waals surface area contributed by atoms with Crippen LogP contribution in [0.25, 0.3) is 32.9 Å². The average molecular weight is 461 g/mol. The highest BCUT2D eigenvalue weighted by molar-refractivity contribution is 6.01. The maximum absolute atomic E-state index is 16.1. The van der Waals surface area contributed by atoms with Crippen LogP contribution in [0.4, 0.5) is 10.2 Å². The van der Waals surface area contributed by atoms with Crippen molar-refractivity contribution in [3.05, 3.63) is 60.3 Å². The molecule has 0 saturated carbocycles. The summed E-state index contributed by atoms with van der Waals surface area (Å²) >= 11 is 0. The lowest BCUT2D eigenvalue weighted by atomic mass is 9.92. The van der Waals surface area contributed by atoms with Crippen molar-refractivity contribution in [2.75, 3.05) is 31.1 Å². The molecule has 2 N–H and O–H groups in total. The number of hydrogen-bond acceptors (Lipinski definition) is 6. The number of aliphatic hydroxyl groups excluding tert-OH is 1. The third-order valence-electron chi connectivity index (χ3n) is 6.58. The fourth-order valence-corrected chi connectivity index (χ4v) is 4.90. The van der Waals surface area contributed by atoms with Crippen molar-refractivity contribution >= 4 is 33.5 Å². The number of anilines is 1. The van der Waals surface area contributed by atoms with Crippen molar-refractivity contribution in [3.63, 3.8) is 0 Å². The fourth-order valence-electron chi connectivity index (χ4n) is 4.90. The van der Waals surface area contributed by atoms with E-state index in [9.17, 15) is 9.90 Å². The number of aromatic nitrogens is 4. The number of aromatic amines is 1. The minimum absolute atomic E-state index is 0.190. The molecule has 5 rings (SSSR count). The van der Waals surface area contributed by atoms with Crippen LogP contribution in [0.2, 0.25) is 0 Å². The highest BCUT2D eigenvalue weighted by atomic mass is 19.1. The lowest BCUT2D eigenvalue weighted by Crippen LogP contribution is -2.56. The Morgan fingerprint density at radius 3 is 2.82 bits per heavy atom. The van der Waals surface area contributed by atoms with Crippen LogP contribution >= 0.6 is 0 Å². The second-order valence-electron chi connectivity index (χ2n) is 8.58. The van der Waals surface area contributed by atoms with E-state index in [1.807, 2.05) is 36.9 Å². The first-order valence-electron chi connectivity index (χ1n) is 11.1. The topological polar surface area (TPSA) is 98.2 Å². The van der Waals surface area contributed by atoms with E-state index in [0.29, 0.717) is 36.4 Å². The van der Waals surface area contributed by atoms with E-state index in [1.165, 1.54) is 12.4 Å². The second-order valence-corrected chi connectivity index (χ2v) is 8.58. The number of amides is 1. The van der Waals surface area contributed by atoms with E-state index in [-0.39, 0.29) is 18.0 Å². The molecule has 1 aliphatic rings. The first-order valence-corrected chi connectivity index (χ1v) is 11.1. The smallest absolute Gasteiger partial charge is 0.246 e. The van der Waals surface area contributed by atoms with Crippen molar-refractivity contribution < 1.29 is 14.3 Å². The summed E-state index contributed by atoms with van der Waals surface area (Å²) in [4.78, 5) is 24.5. The number of fused-ring (bicyclic) bond motifs is 2. The van der Waals surface area contributed by atoms with Gasteiger partial charge in [-0.2, -0.15) is 5.10 Å². The van der Waals surface area contributed by atoms with Gasteiger partial charge in [0.15, 0.2) is 5.82 Å². The molecule has 4 aromatic rings. The van der Waals surface area contributed by atoms with Gasteiger partial charge in [-0.15, -0.1) is 0 Å². The molecule has 2 aromatic carbocycles. The molecular weight excluding hydrogens is 435 g/mol. The minimum Gasteiger partial charge on any atom is -0.394 e. The highest BCUT2D eigenvalue weighted by Crippen LogP contribution is 2.39. The molecule has 0 bridgehead atoms. The van der Waals surface area contributed by atoms with Crippen LogP contribution in [-0.2, 0) is 4.79 Å². The Hall–Kier alpha value is -3.85. The summed E-state index contributed by atoms with van der Waals surface area (Å²) < 4.78 is 16.1. The molecule has 0 radical (unpaired) electrons. The Morgan fingerprint density at radius 2 is 2.06 bits per heavy atom. The molecule has 1 atom stereocenters. The number of carbonyl (C=O) groups excluding carboxylic acids is 1. The van der Waals surface area contributed by atoms with Crippen LogP contribution in [0.1, 0.15) is 11.1 Å². The molecule has 8 nitrogen and oxygen atoms in total. The number of halogens is 1. The summed E-state index contributed by atoms with van der Waals surface area (Å²) in [6, 6.07) is 5.39. The SMILES string of the molecule is C=CC(=O)N1CCN(c2ncnc3c(F)c(-c4c(C)ccc5[nH]ncc45)c(C)cc23)CC1CO. The molecule has 1 amide bonds. The predicted octanol–water partition coefficient (Wildman–Crippen LogP) is 3.12. The van der Waals surface area contributed by atoms with Gasteiger partial charge in [-0.1, -0.05) is 12.6 Å². The van der Waals surface area contributed by atoms with Crippen molar-refractivity contribution in [1.29, 1.82) is 0 Å². The van der Waals surface area contributed by atoms with Crippen LogP contribution in [0.3, 0.4) is 0 Å². The number of benzene rings is 2. The lowest BCUT2D eigenvalue weighted by Gasteiger charge is -2.41. The minimum atomic E-state index is -0.408. The standard InChI is InChI=1S/C25H25FN6O2/c1-4-20(34)32-8-7-31(11-16(32)12-33)25-17-9-15(3)22(23(26)24(17)27-13-28-25)21-14(2)5-6-19-18(21)10-29-30-19/h4-6,9-10,13,16,33H,1,7-8,11-12H2,2-3H3,(H,29,30). The van der Waals surface area contributed by atoms with Crippen LogP contribution in [0.5, 0.6) is 0 Å². The van der Waals surface area contributed by atoms with E-state index in [1.54, 1.807) is 11.1 Å². The van der Waals surface area contributed by atoms with Crippen LogP contribution in [0, 0.1) is 19.7 Å². The number of carbonyl (C=O) groups is 1. The van der Waals surface area contributed by atoms with Crippen molar-refractivity contribution in [2.24, 2.45) is 0 Å². The molecular formula is C25H25FN6O2. The Morgan fingerprint density at radius 1 is 1.24 bits per heavy atom. The largest absolute Gasteiger partial charge is 0.394 e. The summed E-state index contributed by atoms with van der Waals surface area (Å²) in [6.45, 7) is 8.46. The van der Waals surface area contributed by atoms with Crippen molar-refractivity contribution in [1.82, 2.24) is 25.1 Å². The quantitative estimate of drug-likeness (QED) is 0.454. The third-order valence-corrected chi connectivity index (χ3v) is 6.58. The third kappa shape index (κ3) is 3.40. The van der Waals surface area contributed by atoms with Gasteiger partial charge in [0, 0.05) is 36.0 Å². The Bertz CT molecular complexity index is 1430. The van der Waals surface area contributed by atoms with E-state index in [4.69, 9.17) is 0 Å². The zero-order chi connectivity index (χ0) is 24.0. The van der Waals surface area contributed by atoms with Gasteiger partial charge >= 0.3 is 0 Å². The number of rotatable bonds is 4. The number of nitrogens with one attached hydrogen (secondary N) is 1. The average Bonchev–Trinajstić information content (AvgIpc) is 3.33. The molecule has 174 valence electrons. The van der Waals surface area contributed by atoms with E-state index < -0.39 is 11.9 Å². The van der Waals surface area contributed by atoms with Gasteiger partial charge in [-0.3, -0.25) is 9.89 Å². The molecule has 3 heterocycles. The molecule has 1 unspecified atom stereocenters. The number of nitrogens with zero attached hydrogens (tertiary/aromatic N) is 5. The number of hydrogen-bond donors (Lipinski definition) is 2. The molecule has 9 heteroatoms. The molecule has 0 aliphatic carbocycles. The summed E-state index contributed by atoms with van der Waals surface area (Å²) in [6.07, 6.45) is 4.33. The van der Waals surface area contributed by atoms with E-state index in [0.717, 1.165) is 27.6 Å². The summed E-state index contributed by atoms with van der Waals surface area (Å²) in [5.41, 5.74) is 4.06. The van der Waals surface area contributed by atoms with Crippen LogP contribution < -0.4 is 4.90 Å². The Balaban J connectivity index is 1.63. The van der Waals surface area contributed by atoms with Gasteiger partial charge in [0.05, 0.1) is 24.4 Å². The maximum Gasteiger partial charge on any atom is 0.246 e. The Labute approximate surface area is 195 Å². The maximum atomic E-state index is 16.1. The van der Waals surface area contributed by atoms with Gasteiger partial charge in [-0.25, -0.2) is 14.4 Å². The zero-order valence-electron chi connectivity index (χ0n) is 19.0. The van der Waals surface area contributed by atoms with Gasteiger partial charge in [0.1, 0.15) is 17.7 Å². The van der Waals surface area contributed by atoms with Crippen LogP contribution in [0.15, 0.2) is 43.4 Å². The molecule has 1 fully saturated rings. The molecule has 2 aromatic heterocycles. The number of H-pyrrole nitrogens is 1. The summed E-state index contributed by atoms with van der Waals surface area (Å²) in [5, 5.41) is 18.4. The van der Waals surface area contributed by atoms with Gasteiger partial charge in [-0.05, 0) is 48.7 Å². The molecule has 1 saturated heterocycles. The summed E-state index contributed by atoms with van der Waals surface area (Å²) in [5.74, 6) is -0.0443. The normalized spacial score (nSPS) is 16.4. The molecule has 0 spiro atoms. The lowest BCUT2D eigenvalue weighted by molar-refractivity contribution is -0.129. The predicted molar refractivity (Wildman–Crippen MR) is 129 cm³/mol. The Kier molecular flexibility index (Phi) is 5.49. The zero-order valence-corrected chi connectivity index (χ0v) is 19.0. The number of aryl methyl sites for hydroxylation is 2. The highest BCUT2D eigenvalue weighted by Gasteiger charge is 2.31. The first kappa shape index (κ1) is 22.0. The fraction of sp³-hybridized carbons (Fsp3) is 0.280. The van der Waals surface area contributed by atoms with E-state index >= 15 is 4.39 Å². The first-order chi connectivity index (χ1) is 16.4. The van der Waals surface area contributed by atoms with Crippen molar-refractivity contribution in [3.8, 4) is 11.1 Å². The van der Waals surface area contributed by atoms with Gasteiger partial charge in [0.25, 0.3) is 0 Å². The monoisotopic (exact) mass is 460 g/mol. The number of piperazine rings is 1. The summed E-state index contributed by atoms with van der Waals surface area (Å²) in [7, 11) is 0. The van der Waals surface area contributed by atoms with Crippen LogP contribution in [-0.4, -0.2) is 68.4 Å². The second kappa shape index (κ2) is 8.49. The van der Waals surface area contributed by atoms with Gasteiger partial charge in [0.2, 0.25) is 5.91 Å². The van der Waals surface area contributed by atoms with Crippen molar-refractivity contribution in [2.45, 2.75) is 19.9 Å². The molecule has 1 aliphatic heterocycles. The van der Waals surface area contributed by atoms with Gasteiger partial charge < -0.3 is 14.9 Å².